The Morgan fingerprint density at radius 1 is 0.667 bits per heavy atom. The molecule has 0 aliphatic heterocycles. The third kappa shape index (κ3) is 7.44. The van der Waals surface area contributed by atoms with Gasteiger partial charge in [0.1, 0.15) is 28.5 Å². The number of rotatable bonds is 8. The van der Waals surface area contributed by atoms with Crippen molar-refractivity contribution >= 4 is 54.8 Å². The summed E-state index contributed by atoms with van der Waals surface area (Å²) in [4.78, 5) is 4.94. The molecular weight excluding hydrogens is 845 g/mol. The van der Waals surface area contributed by atoms with Gasteiger partial charge < -0.3 is 9.15 Å². The number of aromatic nitrogens is 4. The smallest absolute Gasteiger partial charge is 0.269 e. The standard InChI is InChI=1S/C63H52N4O2/c1-62(2,3)39-41-31-32-51-50(35-41)58-54(67(51)57-36-44(33-34-64-57)63(4,5)6)38-56(59-49-25-13-16-30-55(49)69-61(58)59)68-46-24-17-23-45(37-46)65-40-66(53-29-15-14-28-52(53)65)60-47(42-19-9-7-10-20-42)26-18-27-48(60)43-21-11-8-12-22-43/h7-38H,39H2,1-6H3/i7D,8D,9D,10D,11D,12D,19D,20D,21D,22D,39D2. The van der Waals surface area contributed by atoms with Gasteiger partial charge in [-0.05, 0) is 99.1 Å². The van der Waals surface area contributed by atoms with Crippen LogP contribution in [0.2, 0.25) is 0 Å². The maximum atomic E-state index is 9.35. The Bertz CT molecular complexity index is 4500. The van der Waals surface area contributed by atoms with Gasteiger partial charge in [-0.25, -0.2) is 4.98 Å². The van der Waals surface area contributed by atoms with E-state index in [1.165, 1.54) is 0 Å². The van der Waals surface area contributed by atoms with Crippen molar-refractivity contribution in [2.45, 2.75) is 53.3 Å². The van der Waals surface area contributed by atoms with Crippen LogP contribution in [0.3, 0.4) is 0 Å². The molecule has 0 saturated heterocycles. The Kier molecular flexibility index (Phi) is 7.28. The van der Waals surface area contributed by atoms with Gasteiger partial charge in [0.2, 0.25) is 0 Å². The van der Waals surface area contributed by atoms with Gasteiger partial charge in [-0.1, -0.05) is 175 Å². The molecule has 12 aromatic rings. The lowest BCUT2D eigenvalue weighted by molar-refractivity contribution is -0.571. The fourth-order valence-electron chi connectivity index (χ4n) is 9.38. The molecule has 4 heterocycles. The van der Waals surface area contributed by atoms with E-state index in [1.54, 1.807) is 39.6 Å². The monoisotopic (exact) mass is 908 g/mol. The predicted molar refractivity (Wildman–Crippen MR) is 282 cm³/mol. The fraction of sp³-hybridized carbons (Fsp3) is 0.143. The maximum absolute atomic E-state index is 9.35. The highest BCUT2D eigenvalue weighted by Crippen LogP contribution is 2.47. The zero-order valence-electron chi connectivity index (χ0n) is 50.8. The van der Waals surface area contributed by atoms with Crippen LogP contribution in [-0.4, -0.2) is 14.1 Å². The highest BCUT2D eigenvalue weighted by molar-refractivity contribution is 6.25. The maximum Gasteiger partial charge on any atom is 0.269 e. The van der Waals surface area contributed by atoms with E-state index in [4.69, 9.17) is 27.8 Å². The fourth-order valence-corrected chi connectivity index (χ4v) is 9.38. The molecule has 0 amide bonds. The van der Waals surface area contributed by atoms with Crippen LogP contribution in [0.4, 0.5) is 0 Å². The van der Waals surface area contributed by atoms with Crippen LogP contribution in [0.15, 0.2) is 198 Å². The molecule has 6 heteroatoms. The van der Waals surface area contributed by atoms with E-state index in [0.29, 0.717) is 61.7 Å². The third-order valence-corrected chi connectivity index (χ3v) is 12.4. The minimum absolute atomic E-state index is 0.131. The van der Waals surface area contributed by atoms with Gasteiger partial charge in [-0.15, -0.1) is 0 Å². The van der Waals surface area contributed by atoms with Crippen molar-refractivity contribution in [3.63, 3.8) is 0 Å². The minimum atomic E-state index is -1.71. The zero-order valence-corrected chi connectivity index (χ0v) is 38.8. The molecule has 12 rings (SSSR count). The molecule has 0 unspecified atom stereocenters. The van der Waals surface area contributed by atoms with Gasteiger partial charge >= 0.3 is 0 Å². The molecule has 69 heavy (non-hydrogen) atoms. The molecule has 0 radical (unpaired) electrons. The molecule has 0 atom stereocenters. The summed E-state index contributed by atoms with van der Waals surface area (Å²) < 4.78 is 126. The Balaban J connectivity index is 1.09. The van der Waals surface area contributed by atoms with Gasteiger partial charge in [-0.3, -0.25) is 13.7 Å². The number of benzene rings is 8. The number of hydrogen-bond donors (Lipinski definition) is 0. The van der Waals surface area contributed by atoms with Crippen LogP contribution < -0.4 is 9.30 Å². The van der Waals surface area contributed by atoms with E-state index in [-0.39, 0.29) is 33.4 Å². The molecule has 0 saturated carbocycles. The van der Waals surface area contributed by atoms with E-state index < -0.39 is 72.2 Å². The van der Waals surface area contributed by atoms with E-state index in [9.17, 15) is 2.74 Å². The molecule has 0 fully saturated rings. The first-order valence-corrected chi connectivity index (χ1v) is 22.8. The van der Waals surface area contributed by atoms with Crippen molar-refractivity contribution in [2.24, 2.45) is 5.41 Å². The largest absolute Gasteiger partial charge is 0.457 e. The van der Waals surface area contributed by atoms with E-state index in [2.05, 4.69) is 37.7 Å². The van der Waals surface area contributed by atoms with E-state index in [0.717, 1.165) is 27.2 Å². The first-order valence-electron chi connectivity index (χ1n) is 28.8. The average molecular weight is 909 g/mol. The first kappa shape index (κ1) is 30.9. The van der Waals surface area contributed by atoms with Crippen LogP contribution in [0, 0.1) is 11.7 Å². The Morgan fingerprint density at radius 2 is 1.38 bits per heavy atom. The van der Waals surface area contributed by atoms with Crippen molar-refractivity contribution in [3.05, 3.63) is 211 Å². The summed E-state index contributed by atoms with van der Waals surface area (Å²) in [6, 6.07) is 33.6. The lowest BCUT2D eigenvalue weighted by Gasteiger charge is -2.20. The number of nitrogens with zero attached hydrogens (tertiary/aromatic N) is 4. The molecule has 0 aliphatic carbocycles. The number of imidazole rings is 1. The van der Waals surface area contributed by atoms with Gasteiger partial charge in [-0.2, -0.15) is 0 Å². The number of hydrogen-bond acceptors (Lipinski definition) is 3. The van der Waals surface area contributed by atoms with Gasteiger partial charge in [0.15, 0.2) is 0 Å². The van der Waals surface area contributed by atoms with Crippen molar-refractivity contribution < 1.29 is 30.2 Å². The lowest BCUT2D eigenvalue weighted by Crippen LogP contribution is -2.31. The highest BCUT2D eigenvalue weighted by Gasteiger charge is 2.26. The summed E-state index contributed by atoms with van der Waals surface area (Å²) in [6.45, 7) is 12.1. The number of pyridine rings is 1. The van der Waals surface area contributed by atoms with Crippen LogP contribution in [0.5, 0.6) is 11.5 Å². The molecule has 8 aromatic carbocycles. The molecule has 4 aromatic heterocycles. The van der Waals surface area contributed by atoms with Crippen molar-refractivity contribution in [1.82, 2.24) is 14.1 Å². The van der Waals surface area contributed by atoms with Gasteiger partial charge in [0.05, 0.1) is 57.9 Å². The zero-order chi connectivity index (χ0) is 57.5. The van der Waals surface area contributed by atoms with E-state index >= 15 is 0 Å². The molecular formula is C63H52N4O2. The molecule has 6 nitrogen and oxygen atoms in total. The average Bonchev–Trinajstić information content (AvgIpc) is 4.33. The summed E-state index contributed by atoms with van der Waals surface area (Å²) in [6.07, 6.45) is 3.57. The number of ether oxygens (including phenoxy) is 1. The Morgan fingerprint density at radius 3 is 2.12 bits per heavy atom. The number of furan rings is 1. The first-order chi connectivity index (χ1) is 38.4. The van der Waals surface area contributed by atoms with Crippen LogP contribution >= 0.6 is 0 Å². The predicted octanol–water partition coefficient (Wildman–Crippen LogP) is 16.1. The summed E-state index contributed by atoms with van der Waals surface area (Å²) in [5, 5.41) is 3.04. The SMILES string of the molecule is [2H]c1c([2H])c([2H])c(-c2cccc(-c3c([2H])c([2H])c([2H])c([2H])c3[2H])c2-[n+]2[c-]n(-c3cccc(Oc4cc5c(c6cc(C([2H])([2H])C(C)(C)C)ccc6n5-c5cc(C(C)(C)C)ccn5)c5oc6ccccc6c45)c3)c3ccccc32)c([2H])c1[2H]. The summed E-state index contributed by atoms with van der Waals surface area (Å²) in [7, 11) is 0. The normalized spacial score (nSPS) is 14.9. The van der Waals surface area contributed by atoms with Crippen molar-refractivity contribution in [1.29, 1.82) is 0 Å². The Hall–Kier alpha value is -8.22. The quantitative estimate of drug-likeness (QED) is 0.113. The van der Waals surface area contributed by atoms with Crippen LogP contribution in [0.1, 0.15) is 69.1 Å². The summed E-state index contributed by atoms with van der Waals surface area (Å²) in [5.74, 6) is 1.54. The molecule has 0 N–H and O–H groups in total. The Labute approximate surface area is 419 Å². The van der Waals surface area contributed by atoms with E-state index in [1.807, 2.05) is 118 Å². The third-order valence-electron chi connectivity index (χ3n) is 12.4. The second-order valence-electron chi connectivity index (χ2n) is 19.2. The van der Waals surface area contributed by atoms with Gasteiger partial charge in [0.25, 0.3) is 6.33 Å². The highest BCUT2D eigenvalue weighted by atomic mass is 16.5. The topological polar surface area (TPSA) is 49.0 Å². The second kappa shape index (κ2) is 16.2. The van der Waals surface area contributed by atoms with Gasteiger partial charge in [0, 0.05) is 25.8 Å². The van der Waals surface area contributed by atoms with Crippen LogP contribution in [0.25, 0.3) is 94.2 Å². The molecule has 336 valence electrons. The summed E-state index contributed by atoms with van der Waals surface area (Å²) >= 11 is 0. The van der Waals surface area contributed by atoms with Crippen molar-refractivity contribution in [3.8, 4) is 50.9 Å². The minimum Gasteiger partial charge on any atom is -0.457 e. The summed E-state index contributed by atoms with van der Waals surface area (Å²) in [5.41, 5.74) is 5.13. The molecule has 0 aliphatic rings. The molecule has 0 bridgehead atoms. The lowest BCUT2D eigenvalue weighted by atomic mass is 9.87. The second-order valence-corrected chi connectivity index (χ2v) is 19.2. The number of para-hydroxylation sites is 4. The van der Waals surface area contributed by atoms with Crippen LogP contribution in [-0.2, 0) is 11.8 Å². The molecule has 0 spiro atoms. The number of fused-ring (bicyclic) bond motifs is 8. The van der Waals surface area contributed by atoms with Crippen molar-refractivity contribution in [2.75, 3.05) is 0 Å².